The van der Waals surface area contributed by atoms with Crippen LogP contribution in [0.4, 0.5) is 4.79 Å². The lowest BCUT2D eigenvalue weighted by atomic mass is 9.85. The number of carboxylic acid groups (broad SMARTS) is 1. The number of aliphatic carboxylic acids is 1. The molecule has 2 amide bonds. The summed E-state index contributed by atoms with van der Waals surface area (Å²) in [4.78, 5) is 24.3. The Balaban J connectivity index is 2.58. The summed E-state index contributed by atoms with van der Waals surface area (Å²) in [6, 6.07) is -0.192. The summed E-state index contributed by atoms with van der Waals surface area (Å²) in [7, 11) is 1.76. The number of urea groups is 1. The van der Waals surface area contributed by atoms with Crippen molar-refractivity contribution in [1.82, 2.24) is 10.2 Å². The molecule has 1 atom stereocenters. The Labute approximate surface area is 102 Å². The maximum absolute atomic E-state index is 11.9. The molecule has 0 radical (unpaired) electrons. The second-order valence-electron chi connectivity index (χ2n) is 5.81. The summed E-state index contributed by atoms with van der Waals surface area (Å²) in [5.41, 5.74) is -0.265. The van der Waals surface area contributed by atoms with Gasteiger partial charge in [-0.25, -0.2) is 4.79 Å². The zero-order valence-corrected chi connectivity index (χ0v) is 11.0. The molecule has 1 rings (SSSR count). The molecule has 0 saturated heterocycles. The van der Waals surface area contributed by atoms with E-state index in [1.54, 1.807) is 11.9 Å². The molecule has 1 aliphatic carbocycles. The van der Waals surface area contributed by atoms with Crippen molar-refractivity contribution in [3.05, 3.63) is 0 Å². The maximum Gasteiger partial charge on any atom is 0.317 e. The molecule has 1 unspecified atom stereocenters. The molecule has 0 aromatic rings. The molecule has 0 aliphatic heterocycles. The van der Waals surface area contributed by atoms with Gasteiger partial charge in [-0.1, -0.05) is 20.8 Å². The lowest BCUT2D eigenvalue weighted by molar-refractivity contribution is -0.138. The SMILES string of the molecule is CN(C(=O)NC(CC(=O)O)C(C)(C)C)C1CC1. The van der Waals surface area contributed by atoms with Gasteiger partial charge < -0.3 is 15.3 Å². The van der Waals surface area contributed by atoms with Crippen LogP contribution in [0.25, 0.3) is 0 Å². The predicted molar refractivity (Wildman–Crippen MR) is 64.8 cm³/mol. The van der Waals surface area contributed by atoms with E-state index in [1.165, 1.54) is 0 Å². The number of rotatable bonds is 4. The van der Waals surface area contributed by atoms with Crippen molar-refractivity contribution >= 4 is 12.0 Å². The molecule has 0 spiro atoms. The maximum atomic E-state index is 11.9. The first-order valence-corrected chi connectivity index (χ1v) is 5.97. The van der Waals surface area contributed by atoms with Crippen molar-refractivity contribution in [2.24, 2.45) is 5.41 Å². The highest BCUT2D eigenvalue weighted by molar-refractivity contribution is 5.76. The molecule has 0 aromatic heterocycles. The third kappa shape index (κ3) is 4.24. The van der Waals surface area contributed by atoms with Crippen molar-refractivity contribution in [3.63, 3.8) is 0 Å². The minimum atomic E-state index is -0.890. The molecule has 0 aromatic carbocycles. The molecule has 1 fully saturated rings. The van der Waals surface area contributed by atoms with Crippen LogP contribution in [0, 0.1) is 5.41 Å². The van der Waals surface area contributed by atoms with Crippen LogP contribution in [0.5, 0.6) is 0 Å². The largest absolute Gasteiger partial charge is 0.481 e. The van der Waals surface area contributed by atoms with Crippen molar-refractivity contribution in [2.45, 2.75) is 52.1 Å². The van der Waals surface area contributed by atoms with Gasteiger partial charge in [0, 0.05) is 19.1 Å². The number of carbonyl (C=O) groups is 2. The van der Waals surface area contributed by atoms with E-state index >= 15 is 0 Å². The van der Waals surface area contributed by atoms with E-state index in [4.69, 9.17) is 5.11 Å². The molecule has 98 valence electrons. The Kier molecular flexibility index (Phi) is 4.01. The lowest BCUT2D eigenvalue weighted by Gasteiger charge is -2.32. The van der Waals surface area contributed by atoms with Crippen LogP contribution in [0.1, 0.15) is 40.0 Å². The minimum Gasteiger partial charge on any atom is -0.481 e. The van der Waals surface area contributed by atoms with Crippen LogP contribution in [0.15, 0.2) is 0 Å². The van der Waals surface area contributed by atoms with Crippen LogP contribution >= 0.6 is 0 Å². The van der Waals surface area contributed by atoms with Gasteiger partial charge in [0.05, 0.1) is 6.42 Å². The summed E-state index contributed by atoms with van der Waals surface area (Å²) in [6.45, 7) is 5.79. The number of hydrogen-bond acceptors (Lipinski definition) is 2. The Hall–Kier alpha value is -1.26. The molecule has 0 bridgehead atoms. The fraction of sp³-hybridized carbons (Fsp3) is 0.833. The predicted octanol–water partition coefficient (Wildman–Crippen LogP) is 1.68. The molecule has 1 aliphatic rings. The fourth-order valence-corrected chi connectivity index (χ4v) is 1.63. The zero-order chi connectivity index (χ0) is 13.2. The van der Waals surface area contributed by atoms with Gasteiger partial charge in [-0.3, -0.25) is 4.79 Å². The van der Waals surface area contributed by atoms with Gasteiger partial charge in [0.25, 0.3) is 0 Å². The number of carbonyl (C=O) groups excluding carboxylic acids is 1. The molecule has 5 heteroatoms. The summed E-state index contributed by atoms with van der Waals surface area (Å²) < 4.78 is 0. The van der Waals surface area contributed by atoms with Crippen LogP contribution in [-0.4, -0.2) is 41.1 Å². The van der Waals surface area contributed by atoms with E-state index in [0.29, 0.717) is 6.04 Å². The highest BCUT2D eigenvalue weighted by Crippen LogP contribution is 2.26. The first kappa shape index (κ1) is 13.8. The number of hydrogen-bond donors (Lipinski definition) is 2. The summed E-state index contributed by atoms with van der Waals surface area (Å²) in [5, 5.41) is 11.7. The van der Waals surface area contributed by atoms with E-state index in [2.05, 4.69) is 5.32 Å². The normalized spacial score (nSPS) is 17.4. The van der Waals surface area contributed by atoms with Crippen LogP contribution < -0.4 is 5.32 Å². The van der Waals surface area contributed by atoms with Crippen molar-refractivity contribution in [2.75, 3.05) is 7.05 Å². The third-order valence-corrected chi connectivity index (χ3v) is 3.14. The van der Waals surface area contributed by atoms with Crippen LogP contribution in [0.3, 0.4) is 0 Å². The van der Waals surface area contributed by atoms with Gasteiger partial charge >= 0.3 is 12.0 Å². The average Bonchev–Trinajstić information content (AvgIpc) is 2.96. The van der Waals surface area contributed by atoms with E-state index in [0.717, 1.165) is 12.8 Å². The lowest BCUT2D eigenvalue weighted by Crippen LogP contribution is -2.49. The Morgan fingerprint density at radius 2 is 1.94 bits per heavy atom. The molecule has 5 nitrogen and oxygen atoms in total. The number of nitrogens with zero attached hydrogens (tertiary/aromatic N) is 1. The first-order valence-electron chi connectivity index (χ1n) is 5.97. The van der Waals surface area contributed by atoms with Gasteiger partial charge in [0.1, 0.15) is 0 Å². The fourth-order valence-electron chi connectivity index (χ4n) is 1.63. The van der Waals surface area contributed by atoms with Crippen LogP contribution in [0.2, 0.25) is 0 Å². The summed E-state index contributed by atoms with van der Waals surface area (Å²) in [6.07, 6.45) is 2.04. The van der Waals surface area contributed by atoms with E-state index < -0.39 is 5.97 Å². The highest BCUT2D eigenvalue weighted by atomic mass is 16.4. The number of carboxylic acids is 1. The molecule has 17 heavy (non-hydrogen) atoms. The molecular weight excluding hydrogens is 220 g/mol. The molecule has 2 N–H and O–H groups in total. The summed E-state index contributed by atoms with van der Waals surface area (Å²) >= 11 is 0. The average molecular weight is 242 g/mol. The summed E-state index contributed by atoms with van der Waals surface area (Å²) in [5.74, 6) is -0.890. The van der Waals surface area contributed by atoms with Gasteiger partial charge in [0.15, 0.2) is 0 Å². The van der Waals surface area contributed by atoms with Gasteiger partial charge in [-0.15, -0.1) is 0 Å². The van der Waals surface area contributed by atoms with Crippen molar-refractivity contribution in [1.29, 1.82) is 0 Å². The molecule has 1 saturated carbocycles. The van der Waals surface area contributed by atoms with Gasteiger partial charge in [0.2, 0.25) is 0 Å². The number of nitrogens with one attached hydrogen (secondary N) is 1. The molecule has 0 heterocycles. The second kappa shape index (κ2) is 4.94. The van der Waals surface area contributed by atoms with E-state index in [-0.39, 0.29) is 23.9 Å². The molecular formula is C12H22N2O3. The van der Waals surface area contributed by atoms with E-state index in [9.17, 15) is 9.59 Å². The quantitative estimate of drug-likeness (QED) is 0.788. The van der Waals surface area contributed by atoms with Crippen LogP contribution in [-0.2, 0) is 4.79 Å². The van der Waals surface area contributed by atoms with Crippen molar-refractivity contribution in [3.8, 4) is 0 Å². The Morgan fingerprint density at radius 1 is 1.41 bits per heavy atom. The zero-order valence-electron chi connectivity index (χ0n) is 11.0. The smallest absolute Gasteiger partial charge is 0.317 e. The van der Waals surface area contributed by atoms with Gasteiger partial charge in [-0.2, -0.15) is 0 Å². The van der Waals surface area contributed by atoms with Gasteiger partial charge in [-0.05, 0) is 18.3 Å². The standard InChI is InChI=1S/C12H22N2O3/c1-12(2,3)9(7-10(15)16)13-11(17)14(4)8-5-6-8/h8-9H,5-7H2,1-4H3,(H,13,17)(H,15,16). The second-order valence-corrected chi connectivity index (χ2v) is 5.81. The van der Waals surface area contributed by atoms with Crippen molar-refractivity contribution < 1.29 is 14.7 Å². The number of amides is 2. The van der Waals surface area contributed by atoms with E-state index in [1.807, 2.05) is 20.8 Å². The third-order valence-electron chi connectivity index (χ3n) is 3.14. The Morgan fingerprint density at radius 3 is 2.29 bits per heavy atom. The Bertz CT molecular complexity index is 305. The monoisotopic (exact) mass is 242 g/mol. The first-order chi connectivity index (χ1) is 7.71. The topological polar surface area (TPSA) is 69.6 Å². The minimum absolute atomic E-state index is 0.0479. The highest BCUT2D eigenvalue weighted by Gasteiger charge is 2.33.